The lowest BCUT2D eigenvalue weighted by Crippen LogP contribution is -2.01. The van der Waals surface area contributed by atoms with Crippen LogP contribution >= 0.6 is 0 Å². The summed E-state index contributed by atoms with van der Waals surface area (Å²) in [6, 6.07) is 49.7. The van der Waals surface area contributed by atoms with E-state index in [1.54, 1.807) is 0 Å². The molecule has 0 nitrogen and oxygen atoms in total. The van der Waals surface area contributed by atoms with Gasteiger partial charge in [-0.3, -0.25) is 0 Å². The monoisotopic (exact) mass is 857 g/mol. The van der Waals surface area contributed by atoms with Gasteiger partial charge in [-0.15, -0.1) is 0 Å². The van der Waals surface area contributed by atoms with Gasteiger partial charge in [0.15, 0.2) is 0 Å². The molecule has 0 aromatic heterocycles. The van der Waals surface area contributed by atoms with Crippen LogP contribution in [0.2, 0.25) is 0 Å². The number of fused-ring (bicyclic) bond motifs is 1. The van der Waals surface area contributed by atoms with E-state index in [0.29, 0.717) is 0 Å². The van der Waals surface area contributed by atoms with Crippen molar-refractivity contribution in [3.8, 4) is 0 Å². The van der Waals surface area contributed by atoms with E-state index in [4.69, 9.17) is 0 Å². The van der Waals surface area contributed by atoms with E-state index in [9.17, 15) is 0 Å². The van der Waals surface area contributed by atoms with Gasteiger partial charge in [0.25, 0.3) is 0 Å². The van der Waals surface area contributed by atoms with Gasteiger partial charge < -0.3 is 0 Å². The molecule has 0 amide bonds. The third-order valence-corrected chi connectivity index (χ3v) is 13.2. The van der Waals surface area contributed by atoms with Crippen molar-refractivity contribution in [2.45, 2.75) is 83.1 Å². The van der Waals surface area contributed by atoms with Gasteiger partial charge in [-0.2, -0.15) is 0 Å². The summed E-state index contributed by atoms with van der Waals surface area (Å²) in [4.78, 5) is 0. The minimum Gasteiger partial charge on any atom is -0.0616 e. The highest BCUT2D eigenvalue weighted by atomic mass is 14.2. The number of rotatable bonds is 10. The van der Waals surface area contributed by atoms with Crippen molar-refractivity contribution in [3.05, 3.63) is 256 Å². The Morgan fingerprint density at radius 1 is 0.303 bits per heavy atom. The second-order valence-electron chi connectivity index (χ2n) is 19.0. The minimum atomic E-state index is 1.16. The molecule has 8 aromatic rings. The highest BCUT2D eigenvalue weighted by Gasteiger charge is 2.18. The standard InChI is InChI=1S/C66H64/c1-41-31-45(5)63(46(6)32-41)61(64-47(7)33-42(2)34-48(64)8)39-55-21-17-53(18-22-55)25-27-58-29-28-57-15-13-14-16-59(57)60(58)30-26-54-19-23-56(24-20-54)40-62(65-49(9)35-43(3)36-50(65)10)66-51(11)37-44(4)38-52(66)12/h13-40H,1-12H3. The molecular weight excluding hydrogens is 793 g/mol. The molecule has 0 aliphatic carbocycles. The van der Waals surface area contributed by atoms with Gasteiger partial charge in [-0.25, -0.2) is 0 Å². The summed E-state index contributed by atoms with van der Waals surface area (Å²) in [6.07, 6.45) is 13.8. The van der Waals surface area contributed by atoms with E-state index in [0.717, 1.165) is 11.1 Å². The van der Waals surface area contributed by atoms with Crippen LogP contribution in [0.25, 0.3) is 58.4 Å². The predicted molar refractivity (Wildman–Crippen MR) is 291 cm³/mol. The Morgan fingerprint density at radius 3 is 0.985 bits per heavy atom. The van der Waals surface area contributed by atoms with Crippen LogP contribution in [0.1, 0.15) is 122 Å². The van der Waals surface area contributed by atoms with Gasteiger partial charge in [0, 0.05) is 0 Å². The molecule has 0 aliphatic heterocycles. The van der Waals surface area contributed by atoms with Gasteiger partial charge in [0.05, 0.1) is 0 Å². The summed E-state index contributed by atoms with van der Waals surface area (Å²) in [6.45, 7) is 26.7. The zero-order valence-electron chi connectivity index (χ0n) is 41.2. The molecule has 8 aromatic carbocycles. The third-order valence-electron chi connectivity index (χ3n) is 13.2. The van der Waals surface area contributed by atoms with Crippen LogP contribution in [0.5, 0.6) is 0 Å². The smallest absolute Gasteiger partial charge is 0.00948 e. The van der Waals surface area contributed by atoms with Gasteiger partial charge in [0.1, 0.15) is 0 Å². The highest BCUT2D eigenvalue weighted by Crippen LogP contribution is 2.38. The summed E-state index contributed by atoms with van der Waals surface area (Å²) >= 11 is 0. The number of aryl methyl sites for hydroxylation is 12. The fraction of sp³-hybridized carbons (Fsp3) is 0.182. The topological polar surface area (TPSA) is 0 Å². The first kappa shape index (κ1) is 45.5. The molecule has 0 heteroatoms. The van der Waals surface area contributed by atoms with E-state index in [-0.39, 0.29) is 0 Å². The van der Waals surface area contributed by atoms with Crippen molar-refractivity contribution in [1.29, 1.82) is 0 Å². The number of hydrogen-bond donors (Lipinski definition) is 0. The van der Waals surface area contributed by atoms with Crippen molar-refractivity contribution in [3.63, 3.8) is 0 Å². The Kier molecular flexibility index (Phi) is 13.3. The van der Waals surface area contributed by atoms with E-state index in [2.05, 4.69) is 253 Å². The first-order valence-electron chi connectivity index (χ1n) is 23.5. The largest absolute Gasteiger partial charge is 0.0616 e. The summed E-state index contributed by atoms with van der Waals surface area (Å²) in [5, 5.41) is 2.47. The third kappa shape index (κ3) is 9.80. The quantitative estimate of drug-likeness (QED) is 0.120. The van der Waals surface area contributed by atoms with Crippen molar-refractivity contribution < 1.29 is 0 Å². The molecule has 0 atom stereocenters. The van der Waals surface area contributed by atoms with Gasteiger partial charge in [-0.1, -0.05) is 180 Å². The maximum atomic E-state index is 2.38. The Labute approximate surface area is 395 Å². The van der Waals surface area contributed by atoms with Crippen LogP contribution in [-0.4, -0.2) is 0 Å². The number of hydrogen-bond acceptors (Lipinski definition) is 0. The molecule has 0 aliphatic rings. The average molecular weight is 857 g/mol. The Balaban J connectivity index is 1.11. The Morgan fingerprint density at radius 2 is 0.621 bits per heavy atom. The van der Waals surface area contributed by atoms with Crippen molar-refractivity contribution in [1.82, 2.24) is 0 Å². The van der Waals surface area contributed by atoms with E-state index in [1.165, 1.54) is 133 Å². The summed E-state index contributed by atoms with van der Waals surface area (Å²) in [5.74, 6) is 0. The van der Waals surface area contributed by atoms with Crippen LogP contribution in [0.4, 0.5) is 0 Å². The molecular formula is C66H64. The molecule has 0 unspecified atom stereocenters. The minimum absolute atomic E-state index is 1.16. The first-order valence-corrected chi connectivity index (χ1v) is 23.5. The molecule has 328 valence electrons. The zero-order valence-corrected chi connectivity index (χ0v) is 41.2. The van der Waals surface area contributed by atoms with Crippen molar-refractivity contribution >= 4 is 58.4 Å². The molecule has 0 saturated carbocycles. The molecule has 0 N–H and O–H groups in total. The predicted octanol–water partition coefficient (Wildman–Crippen LogP) is 18.1. The Hall–Kier alpha value is -7.02. The lowest BCUT2D eigenvalue weighted by molar-refractivity contribution is 1.25. The molecule has 8 rings (SSSR count). The lowest BCUT2D eigenvalue weighted by Gasteiger charge is -2.20. The zero-order chi connectivity index (χ0) is 46.8. The van der Waals surface area contributed by atoms with E-state index >= 15 is 0 Å². The van der Waals surface area contributed by atoms with Crippen molar-refractivity contribution in [2.24, 2.45) is 0 Å². The maximum absolute atomic E-state index is 2.38. The van der Waals surface area contributed by atoms with Crippen LogP contribution in [0.15, 0.2) is 133 Å². The highest BCUT2D eigenvalue weighted by molar-refractivity contribution is 5.99. The van der Waals surface area contributed by atoms with E-state index < -0.39 is 0 Å². The fourth-order valence-electron chi connectivity index (χ4n) is 10.7. The molecule has 0 spiro atoms. The lowest BCUT2D eigenvalue weighted by atomic mass is 9.84. The summed E-state index contributed by atoms with van der Waals surface area (Å²) in [7, 11) is 0. The summed E-state index contributed by atoms with van der Waals surface area (Å²) in [5.41, 5.74) is 30.6. The molecule has 0 radical (unpaired) electrons. The fourth-order valence-corrected chi connectivity index (χ4v) is 10.7. The summed E-state index contributed by atoms with van der Waals surface area (Å²) < 4.78 is 0. The molecule has 0 bridgehead atoms. The van der Waals surface area contributed by atoms with E-state index in [1.807, 2.05) is 0 Å². The van der Waals surface area contributed by atoms with Crippen LogP contribution in [0, 0.1) is 83.1 Å². The first-order chi connectivity index (χ1) is 31.6. The van der Waals surface area contributed by atoms with Crippen LogP contribution in [-0.2, 0) is 0 Å². The van der Waals surface area contributed by atoms with Crippen molar-refractivity contribution in [2.75, 3.05) is 0 Å². The van der Waals surface area contributed by atoms with Crippen LogP contribution in [0.3, 0.4) is 0 Å². The van der Waals surface area contributed by atoms with Crippen LogP contribution < -0.4 is 0 Å². The van der Waals surface area contributed by atoms with Gasteiger partial charge in [-0.05, 0) is 217 Å². The normalized spacial score (nSPS) is 11.5. The number of benzene rings is 8. The Bertz CT molecular complexity index is 3050. The second kappa shape index (κ2) is 19.2. The second-order valence-corrected chi connectivity index (χ2v) is 19.0. The average Bonchev–Trinajstić information content (AvgIpc) is 3.24. The van der Waals surface area contributed by atoms with Gasteiger partial charge in [0.2, 0.25) is 0 Å². The molecule has 66 heavy (non-hydrogen) atoms. The SMILES string of the molecule is Cc1cc(C)c(C(=Cc2ccc(C=Cc3ccc4ccccc4c3C=Cc3ccc(C=C(c4c(C)cc(C)cc4C)c4c(C)cc(C)cc4C)cc3)cc2)c2c(C)cc(C)cc2C)c(C)c1. The van der Waals surface area contributed by atoms with Gasteiger partial charge >= 0.3 is 0 Å². The maximum Gasteiger partial charge on any atom is -0.00948 e. The molecule has 0 fully saturated rings. The molecule has 0 heterocycles. The molecule has 0 saturated heterocycles.